The Kier molecular flexibility index (Phi) is 5.46. The minimum atomic E-state index is -0.439. The molecule has 134 valence electrons. The van der Waals surface area contributed by atoms with Crippen LogP contribution in [0.25, 0.3) is 0 Å². The van der Waals surface area contributed by atoms with E-state index in [9.17, 15) is 4.79 Å². The van der Waals surface area contributed by atoms with Gasteiger partial charge in [0.2, 0.25) is 0 Å². The molecule has 1 saturated heterocycles. The molecule has 0 saturated carbocycles. The molecule has 1 aliphatic rings. The van der Waals surface area contributed by atoms with Crippen molar-refractivity contribution in [2.75, 3.05) is 31.1 Å². The van der Waals surface area contributed by atoms with Crippen molar-refractivity contribution in [1.29, 1.82) is 0 Å². The number of rotatable bonds is 1. The molecule has 0 aromatic heterocycles. The lowest BCUT2D eigenvalue weighted by Crippen LogP contribution is -2.39. The Morgan fingerprint density at radius 1 is 0.917 bits per heavy atom. The van der Waals surface area contributed by atoms with Crippen LogP contribution in [0.4, 0.5) is 10.5 Å². The van der Waals surface area contributed by atoms with Gasteiger partial charge < -0.3 is 14.5 Å². The van der Waals surface area contributed by atoms with Gasteiger partial charge in [-0.3, -0.25) is 0 Å². The molecule has 4 nitrogen and oxygen atoms in total. The molecule has 0 unspecified atom stereocenters. The molecule has 0 N–H and O–H groups in total. The summed E-state index contributed by atoms with van der Waals surface area (Å²) in [7, 11) is 0. The highest BCUT2D eigenvalue weighted by Gasteiger charge is 2.24. The highest BCUT2D eigenvalue weighted by molar-refractivity contribution is 5.68. The predicted molar refractivity (Wildman–Crippen MR) is 99.8 cm³/mol. The zero-order valence-electron chi connectivity index (χ0n) is 16.1. The van der Waals surface area contributed by atoms with Crippen LogP contribution in [0.5, 0.6) is 0 Å². The zero-order valence-corrected chi connectivity index (χ0v) is 16.1. The molecule has 0 bridgehead atoms. The minimum Gasteiger partial charge on any atom is -0.444 e. The fourth-order valence-corrected chi connectivity index (χ4v) is 2.86. The standard InChI is InChI=1S/C20H32N2O2/c1-19(2,3)16-8-10-17(11-9-16)21-12-7-13-22(15-14-21)18(23)24-20(4,5)6/h8-11H,7,12-15H2,1-6H3. The van der Waals surface area contributed by atoms with E-state index in [1.165, 1.54) is 11.3 Å². The molecule has 1 aromatic rings. The van der Waals surface area contributed by atoms with Gasteiger partial charge in [-0.15, -0.1) is 0 Å². The van der Waals surface area contributed by atoms with E-state index in [1.54, 1.807) is 0 Å². The van der Waals surface area contributed by atoms with Gasteiger partial charge in [-0.25, -0.2) is 4.79 Å². The number of amides is 1. The molecule has 24 heavy (non-hydrogen) atoms. The van der Waals surface area contributed by atoms with Gasteiger partial charge in [0, 0.05) is 31.9 Å². The Hall–Kier alpha value is -1.71. The van der Waals surface area contributed by atoms with E-state index in [1.807, 2.05) is 25.7 Å². The second-order valence-corrected chi connectivity index (χ2v) is 8.60. The maximum atomic E-state index is 12.2. The Morgan fingerprint density at radius 3 is 2.08 bits per heavy atom. The smallest absolute Gasteiger partial charge is 0.410 e. The number of hydrogen-bond acceptors (Lipinski definition) is 3. The van der Waals surface area contributed by atoms with Gasteiger partial charge in [-0.1, -0.05) is 32.9 Å². The van der Waals surface area contributed by atoms with Crippen LogP contribution >= 0.6 is 0 Å². The van der Waals surface area contributed by atoms with Crippen molar-refractivity contribution in [2.24, 2.45) is 0 Å². The molecule has 0 radical (unpaired) electrons. The van der Waals surface area contributed by atoms with Crippen LogP contribution in [0.2, 0.25) is 0 Å². The lowest BCUT2D eigenvalue weighted by molar-refractivity contribution is 0.0263. The summed E-state index contributed by atoms with van der Waals surface area (Å²) >= 11 is 0. The van der Waals surface area contributed by atoms with Crippen LogP contribution in [0.15, 0.2) is 24.3 Å². The number of hydrogen-bond donors (Lipinski definition) is 0. The molecule has 0 spiro atoms. The van der Waals surface area contributed by atoms with Gasteiger partial charge in [-0.2, -0.15) is 0 Å². The van der Waals surface area contributed by atoms with E-state index >= 15 is 0 Å². The molecule has 1 fully saturated rings. The lowest BCUT2D eigenvalue weighted by atomic mass is 9.87. The first-order valence-electron chi connectivity index (χ1n) is 8.90. The first-order chi connectivity index (χ1) is 11.1. The maximum Gasteiger partial charge on any atom is 0.410 e. The SMILES string of the molecule is CC(C)(C)OC(=O)N1CCCN(c2ccc(C(C)(C)C)cc2)CC1. The van der Waals surface area contributed by atoms with Gasteiger partial charge in [0.1, 0.15) is 5.60 Å². The summed E-state index contributed by atoms with van der Waals surface area (Å²) in [4.78, 5) is 16.4. The largest absolute Gasteiger partial charge is 0.444 e. The van der Waals surface area contributed by atoms with E-state index in [4.69, 9.17) is 4.74 Å². The van der Waals surface area contributed by atoms with E-state index < -0.39 is 5.60 Å². The molecule has 4 heteroatoms. The highest BCUT2D eigenvalue weighted by Crippen LogP contribution is 2.25. The van der Waals surface area contributed by atoms with Crippen molar-refractivity contribution >= 4 is 11.8 Å². The third-order valence-electron chi connectivity index (χ3n) is 4.25. The first kappa shape index (κ1) is 18.6. The van der Waals surface area contributed by atoms with Crippen LogP contribution < -0.4 is 4.90 Å². The molecule has 1 heterocycles. The Morgan fingerprint density at radius 2 is 1.54 bits per heavy atom. The number of anilines is 1. The van der Waals surface area contributed by atoms with Gasteiger partial charge >= 0.3 is 6.09 Å². The predicted octanol–water partition coefficient (Wildman–Crippen LogP) is 4.43. The Balaban J connectivity index is 1.99. The van der Waals surface area contributed by atoms with Crippen molar-refractivity contribution in [1.82, 2.24) is 4.90 Å². The number of nitrogens with zero attached hydrogens (tertiary/aromatic N) is 2. The zero-order chi connectivity index (χ0) is 18.0. The number of carbonyl (C=O) groups excluding carboxylic acids is 1. The van der Waals surface area contributed by atoms with Gasteiger partial charge in [-0.05, 0) is 50.3 Å². The molecule has 1 aromatic carbocycles. The third-order valence-corrected chi connectivity index (χ3v) is 4.25. The summed E-state index contributed by atoms with van der Waals surface area (Å²) < 4.78 is 5.50. The van der Waals surface area contributed by atoms with Gasteiger partial charge in [0.05, 0.1) is 0 Å². The molecule has 1 amide bonds. The maximum absolute atomic E-state index is 12.2. The van der Waals surface area contributed by atoms with E-state index in [0.29, 0.717) is 6.54 Å². The number of carbonyl (C=O) groups is 1. The average Bonchev–Trinajstić information content (AvgIpc) is 2.70. The average molecular weight is 332 g/mol. The lowest BCUT2D eigenvalue weighted by Gasteiger charge is -2.27. The summed E-state index contributed by atoms with van der Waals surface area (Å²) in [6.07, 6.45) is 0.757. The van der Waals surface area contributed by atoms with Crippen LogP contribution in [-0.4, -0.2) is 42.8 Å². The fraction of sp³-hybridized carbons (Fsp3) is 0.650. The topological polar surface area (TPSA) is 32.8 Å². The summed E-state index contributed by atoms with van der Waals surface area (Å²) in [5.74, 6) is 0. The summed E-state index contributed by atoms with van der Waals surface area (Å²) in [6, 6.07) is 8.82. The second-order valence-electron chi connectivity index (χ2n) is 8.60. The normalized spacial score (nSPS) is 16.8. The molecule has 0 aliphatic carbocycles. The van der Waals surface area contributed by atoms with Gasteiger partial charge in [0.25, 0.3) is 0 Å². The van der Waals surface area contributed by atoms with Crippen molar-refractivity contribution in [3.8, 4) is 0 Å². The first-order valence-corrected chi connectivity index (χ1v) is 8.90. The van der Waals surface area contributed by atoms with Gasteiger partial charge in [0.15, 0.2) is 0 Å². The van der Waals surface area contributed by atoms with Crippen LogP contribution in [0, 0.1) is 0 Å². The molecule has 1 aliphatic heterocycles. The second kappa shape index (κ2) is 7.04. The third kappa shape index (κ3) is 5.15. The number of benzene rings is 1. The van der Waals surface area contributed by atoms with E-state index in [0.717, 1.165) is 26.1 Å². The Bertz CT molecular complexity index is 552. The van der Waals surface area contributed by atoms with Crippen molar-refractivity contribution in [3.63, 3.8) is 0 Å². The minimum absolute atomic E-state index is 0.171. The molecular weight excluding hydrogens is 300 g/mol. The summed E-state index contributed by atoms with van der Waals surface area (Å²) in [6.45, 7) is 15.7. The van der Waals surface area contributed by atoms with Crippen molar-refractivity contribution in [2.45, 2.75) is 59.0 Å². The monoisotopic (exact) mass is 332 g/mol. The van der Waals surface area contributed by atoms with E-state index in [-0.39, 0.29) is 11.5 Å². The summed E-state index contributed by atoms with van der Waals surface area (Å²) in [5, 5.41) is 0. The Labute approximate surface area is 146 Å². The van der Waals surface area contributed by atoms with Crippen LogP contribution in [-0.2, 0) is 10.2 Å². The van der Waals surface area contributed by atoms with Crippen LogP contribution in [0.1, 0.15) is 53.5 Å². The molecule has 2 rings (SSSR count). The summed E-state index contributed by atoms with van der Waals surface area (Å²) in [5.41, 5.74) is 2.31. The quantitative estimate of drug-likeness (QED) is 0.762. The number of ether oxygens (including phenoxy) is 1. The molecule has 0 atom stereocenters. The van der Waals surface area contributed by atoms with Crippen molar-refractivity contribution < 1.29 is 9.53 Å². The van der Waals surface area contributed by atoms with E-state index in [2.05, 4.69) is 49.9 Å². The highest BCUT2D eigenvalue weighted by atomic mass is 16.6. The molecular formula is C20H32N2O2. The van der Waals surface area contributed by atoms with Crippen molar-refractivity contribution in [3.05, 3.63) is 29.8 Å². The fourth-order valence-electron chi connectivity index (χ4n) is 2.86. The van der Waals surface area contributed by atoms with Crippen LogP contribution in [0.3, 0.4) is 0 Å².